The van der Waals surface area contributed by atoms with E-state index in [9.17, 15) is 0 Å². The SMILES string of the molecule is CCc1occc1C(N)c1ccsc1. The third-order valence-corrected chi connectivity index (χ3v) is 3.04. The molecule has 2 rings (SSSR count). The van der Waals surface area contributed by atoms with Crippen LogP contribution in [0.3, 0.4) is 0 Å². The molecule has 0 saturated carbocycles. The lowest BCUT2D eigenvalue weighted by molar-refractivity contribution is 0.509. The van der Waals surface area contributed by atoms with Gasteiger partial charge in [0.25, 0.3) is 0 Å². The molecule has 14 heavy (non-hydrogen) atoms. The lowest BCUT2D eigenvalue weighted by Gasteiger charge is -2.08. The molecule has 0 amide bonds. The van der Waals surface area contributed by atoms with Gasteiger partial charge in [-0.1, -0.05) is 6.92 Å². The maximum Gasteiger partial charge on any atom is 0.108 e. The Morgan fingerprint density at radius 3 is 3.00 bits per heavy atom. The van der Waals surface area contributed by atoms with E-state index in [1.54, 1.807) is 17.6 Å². The van der Waals surface area contributed by atoms with E-state index in [1.807, 2.05) is 11.4 Å². The van der Waals surface area contributed by atoms with E-state index < -0.39 is 0 Å². The summed E-state index contributed by atoms with van der Waals surface area (Å²) in [4.78, 5) is 0. The van der Waals surface area contributed by atoms with E-state index >= 15 is 0 Å². The molecular weight excluding hydrogens is 194 g/mol. The molecule has 0 saturated heterocycles. The van der Waals surface area contributed by atoms with Crippen molar-refractivity contribution in [2.24, 2.45) is 5.73 Å². The first kappa shape index (κ1) is 9.49. The summed E-state index contributed by atoms with van der Waals surface area (Å²) in [5.41, 5.74) is 8.39. The van der Waals surface area contributed by atoms with E-state index in [-0.39, 0.29) is 6.04 Å². The number of thiophene rings is 1. The van der Waals surface area contributed by atoms with Crippen LogP contribution in [0.2, 0.25) is 0 Å². The lowest BCUT2D eigenvalue weighted by Crippen LogP contribution is -2.11. The molecule has 0 radical (unpaired) electrons. The molecule has 0 aromatic carbocycles. The fourth-order valence-electron chi connectivity index (χ4n) is 1.55. The minimum Gasteiger partial charge on any atom is -0.469 e. The minimum atomic E-state index is -0.0463. The fourth-order valence-corrected chi connectivity index (χ4v) is 2.24. The Kier molecular flexibility index (Phi) is 2.70. The lowest BCUT2D eigenvalue weighted by atomic mass is 10.0. The van der Waals surface area contributed by atoms with E-state index in [0.29, 0.717) is 0 Å². The van der Waals surface area contributed by atoms with Gasteiger partial charge in [-0.3, -0.25) is 0 Å². The number of aryl methyl sites for hydroxylation is 1. The topological polar surface area (TPSA) is 39.2 Å². The van der Waals surface area contributed by atoms with E-state index in [2.05, 4.69) is 18.4 Å². The molecule has 0 fully saturated rings. The molecule has 3 heteroatoms. The zero-order valence-electron chi connectivity index (χ0n) is 8.07. The fraction of sp³-hybridized carbons (Fsp3) is 0.273. The van der Waals surface area contributed by atoms with Crippen molar-refractivity contribution in [1.29, 1.82) is 0 Å². The molecule has 1 unspecified atom stereocenters. The van der Waals surface area contributed by atoms with Gasteiger partial charge in [-0.2, -0.15) is 11.3 Å². The number of furan rings is 1. The summed E-state index contributed by atoms with van der Waals surface area (Å²) in [7, 11) is 0. The van der Waals surface area contributed by atoms with Gasteiger partial charge in [0, 0.05) is 12.0 Å². The molecule has 0 bridgehead atoms. The average Bonchev–Trinajstić information content (AvgIpc) is 2.87. The zero-order valence-corrected chi connectivity index (χ0v) is 8.88. The number of rotatable bonds is 3. The highest BCUT2D eigenvalue weighted by Crippen LogP contribution is 2.25. The van der Waals surface area contributed by atoms with E-state index in [0.717, 1.165) is 23.3 Å². The van der Waals surface area contributed by atoms with Crippen molar-refractivity contribution in [1.82, 2.24) is 0 Å². The van der Waals surface area contributed by atoms with E-state index in [1.165, 1.54) is 0 Å². The molecule has 2 N–H and O–H groups in total. The Hall–Kier alpha value is -1.06. The molecule has 2 aromatic heterocycles. The summed E-state index contributed by atoms with van der Waals surface area (Å²) < 4.78 is 5.36. The van der Waals surface area contributed by atoms with Crippen LogP contribution in [0.25, 0.3) is 0 Å². The number of hydrogen-bond acceptors (Lipinski definition) is 3. The smallest absolute Gasteiger partial charge is 0.108 e. The van der Waals surface area contributed by atoms with Crippen LogP contribution in [0.5, 0.6) is 0 Å². The number of nitrogens with two attached hydrogens (primary N) is 1. The molecule has 2 aromatic rings. The summed E-state index contributed by atoms with van der Waals surface area (Å²) >= 11 is 1.67. The van der Waals surface area contributed by atoms with Gasteiger partial charge in [-0.25, -0.2) is 0 Å². The predicted octanol–water partition coefficient (Wildman–Crippen LogP) is 2.95. The molecule has 0 aliphatic rings. The van der Waals surface area contributed by atoms with Gasteiger partial charge in [0.15, 0.2) is 0 Å². The van der Waals surface area contributed by atoms with Crippen molar-refractivity contribution < 1.29 is 4.42 Å². The largest absolute Gasteiger partial charge is 0.469 e. The van der Waals surface area contributed by atoms with Crippen LogP contribution in [-0.2, 0) is 6.42 Å². The highest BCUT2D eigenvalue weighted by Gasteiger charge is 2.14. The molecule has 0 aliphatic carbocycles. The highest BCUT2D eigenvalue weighted by molar-refractivity contribution is 7.08. The van der Waals surface area contributed by atoms with Crippen molar-refractivity contribution in [2.45, 2.75) is 19.4 Å². The standard InChI is InChI=1S/C11H13NOS/c1-2-10-9(3-5-13-10)11(12)8-4-6-14-7-8/h3-7,11H,2,12H2,1H3. The second-order valence-corrected chi connectivity index (χ2v) is 3.97. The van der Waals surface area contributed by atoms with Gasteiger partial charge in [0.1, 0.15) is 5.76 Å². The Morgan fingerprint density at radius 2 is 2.36 bits per heavy atom. The minimum absolute atomic E-state index is 0.0463. The van der Waals surface area contributed by atoms with Crippen LogP contribution in [0.15, 0.2) is 33.6 Å². The van der Waals surface area contributed by atoms with Crippen LogP contribution in [-0.4, -0.2) is 0 Å². The Balaban J connectivity index is 2.31. The molecule has 74 valence electrons. The molecule has 2 heterocycles. The average molecular weight is 207 g/mol. The summed E-state index contributed by atoms with van der Waals surface area (Å²) in [6.45, 7) is 2.07. The molecule has 0 spiro atoms. The third kappa shape index (κ3) is 1.61. The summed E-state index contributed by atoms with van der Waals surface area (Å²) in [6, 6.07) is 3.97. The predicted molar refractivity (Wildman–Crippen MR) is 58.4 cm³/mol. The maximum absolute atomic E-state index is 6.13. The molecule has 0 aliphatic heterocycles. The van der Waals surface area contributed by atoms with Crippen LogP contribution in [0.1, 0.15) is 29.9 Å². The van der Waals surface area contributed by atoms with Gasteiger partial charge < -0.3 is 10.2 Å². The van der Waals surface area contributed by atoms with Crippen LogP contribution in [0, 0.1) is 0 Å². The normalized spacial score (nSPS) is 13.0. The van der Waals surface area contributed by atoms with Gasteiger partial charge in [-0.05, 0) is 28.5 Å². The highest BCUT2D eigenvalue weighted by atomic mass is 32.1. The second-order valence-electron chi connectivity index (χ2n) is 3.19. The van der Waals surface area contributed by atoms with Crippen LogP contribution in [0.4, 0.5) is 0 Å². The van der Waals surface area contributed by atoms with Gasteiger partial charge in [0.2, 0.25) is 0 Å². The summed E-state index contributed by atoms with van der Waals surface area (Å²) in [5.74, 6) is 0.990. The first-order valence-corrected chi connectivity index (χ1v) is 5.61. The van der Waals surface area contributed by atoms with E-state index in [4.69, 9.17) is 10.2 Å². The first-order valence-electron chi connectivity index (χ1n) is 4.67. The quantitative estimate of drug-likeness (QED) is 0.840. The molecule has 2 nitrogen and oxygen atoms in total. The maximum atomic E-state index is 6.13. The van der Waals surface area contributed by atoms with Crippen LogP contribution < -0.4 is 5.73 Å². The van der Waals surface area contributed by atoms with Crippen molar-refractivity contribution in [3.63, 3.8) is 0 Å². The van der Waals surface area contributed by atoms with Gasteiger partial charge >= 0.3 is 0 Å². The molecule has 1 atom stereocenters. The second kappa shape index (κ2) is 3.98. The van der Waals surface area contributed by atoms with Crippen molar-refractivity contribution >= 4 is 11.3 Å². The number of hydrogen-bond donors (Lipinski definition) is 1. The molecular formula is C11H13NOS. The third-order valence-electron chi connectivity index (χ3n) is 2.34. The zero-order chi connectivity index (χ0) is 9.97. The Bertz CT molecular complexity index is 391. The summed E-state index contributed by atoms with van der Waals surface area (Å²) in [6.07, 6.45) is 2.60. The monoisotopic (exact) mass is 207 g/mol. The Morgan fingerprint density at radius 1 is 1.50 bits per heavy atom. The van der Waals surface area contributed by atoms with Crippen LogP contribution >= 0.6 is 11.3 Å². The van der Waals surface area contributed by atoms with Gasteiger partial charge in [-0.15, -0.1) is 0 Å². The summed E-state index contributed by atoms with van der Waals surface area (Å²) in [5, 5.41) is 4.12. The van der Waals surface area contributed by atoms with Crippen molar-refractivity contribution in [3.8, 4) is 0 Å². The van der Waals surface area contributed by atoms with Gasteiger partial charge in [0.05, 0.1) is 12.3 Å². The Labute approximate surface area is 87.4 Å². The first-order chi connectivity index (χ1) is 6.83. The van der Waals surface area contributed by atoms with Crippen molar-refractivity contribution in [2.75, 3.05) is 0 Å². The van der Waals surface area contributed by atoms with Crippen molar-refractivity contribution in [3.05, 3.63) is 46.0 Å².